The summed E-state index contributed by atoms with van der Waals surface area (Å²) in [6.07, 6.45) is 3.70. The molecule has 0 unspecified atom stereocenters. The molecular formula is C18H16ClNO5. The lowest BCUT2D eigenvalue weighted by Crippen LogP contribution is -2.39. The molecule has 4 atom stereocenters. The van der Waals surface area contributed by atoms with Gasteiger partial charge in [-0.1, -0.05) is 23.8 Å². The Morgan fingerprint density at radius 2 is 1.72 bits per heavy atom. The van der Waals surface area contributed by atoms with E-state index in [0.717, 1.165) is 4.90 Å². The highest BCUT2D eigenvalue weighted by Crippen LogP contribution is 2.57. The van der Waals surface area contributed by atoms with Gasteiger partial charge >= 0.3 is 5.97 Å². The third-order valence-electron chi connectivity index (χ3n) is 5.34. The monoisotopic (exact) mass is 361 g/mol. The highest BCUT2D eigenvalue weighted by molar-refractivity contribution is 6.34. The largest absolute Gasteiger partial charge is 0.465 e. The Kier molecular flexibility index (Phi) is 3.21. The molecule has 3 aliphatic rings. The molecule has 2 fully saturated rings. The molecule has 0 spiro atoms. The Bertz CT molecular complexity index is 829. The summed E-state index contributed by atoms with van der Waals surface area (Å²) in [5, 5.41) is 0.193. The molecule has 6 nitrogen and oxygen atoms in total. The summed E-state index contributed by atoms with van der Waals surface area (Å²) >= 11 is 6.03. The normalized spacial score (nSPS) is 35.4. The lowest BCUT2D eigenvalue weighted by Gasteiger charge is -2.25. The molecule has 130 valence electrons. The Morgan fingerprint density at radius 3 is 2.24 bits per heavy atom. The molecule has 2 amide bonds. The van der Waals surface area contributed by atoms with E-state index in [1.807, 2.05) is 26.0 Å². The standard InChI is InChI=1S/C18H16ClNO5/c1-17-6-7-18(2,25-17)13-12(17)14(21)20(15(13)22)9-4-5-11(19)10(8-9)16(23)24-3/h4-8,12-13H,1-3H3/t12-,13+,17-,18-/m0/s1. The van der Waals surface area contributed by atoms with Gasteiger partial charge in [-0.2, -0.15) is 0 Å². The van der Waals surface area contributed by atoms with Crippen LogP contribution in [0.2, 0.25) is 5.02 Å². The van der Waals surface area contributed by atoms with E-state index in [9.17, 15) is 14.4 Å². The topological polar surface area (TPSA) is 72.9 Å². The number of halogens is 1. The first-order chi connectivity index (χ1) is 11.7. The van der Waals surface area contributed by atoms with Gasteiger partial charge in [0.25, 0.3) is 0 Å². The molecule has 0 N–H and O–H groups in total. The van der Waals surface area contributed by atoms with Crippen molar-refractivity contribution in [3.05, 3.63) is 40.9 Å². The zero-order valence-corrected chi connectivity index (χ0v) is 14.7. The number of fused-ring (bicyclic) bond motifs is 5. The molecule has 2 saturated heterocycles. The second-order valence-corrected chi connectivity index (χ2v) is 7.33. The molecule has 3 aliphatic heterocycles. The first kappa shape index (κ1) is 16.3. The lowest BCUT2D eigenvalue weighted by atomic mass is 9.73. The Balaban J connectivity index is 1.78. The van der Waals surface area contributed by atoms with Gasteiger partial charge in [-0.3, -0.25) is 9.59 Å². The minimum absolute atomic E-state index is 0.106. The predicted molar refractivity (Wildman–Crippen MR) is 89.3 cm³/mol. The van der Waals surface area contributed by atoms with Crippen LogP contribution in [0.3, 0.4) is 0 Å². The number of carbonyl (C=O) groups excluding carboxylic acids is 3. The minimum atomic E-state index is -0.793. The van der Waals surface area contributed by atoms with E-state index in [4.69, 9.17) is 21.1 Å². The van der Waals surface area contributed by atoms with E-state index in [2.05, 4.69) is 0 Å². The molecule has 7 heteroatoms. The molecule has 1 aromatic carbocycles. The van der Waals surface area contributed by atoms with E-state index in [0.29, 0.717) is 5.69 Å². The van der Waals surface area contributed by atoms with E-state index in [1.54, 1.807) is 6.07 Å². The molecule has 25 heavy (non-hydrogen) atoms. The Morgan fingerprint density at radius 1 is 1.16 bits per heavy atom. The van der Waals surface area contributed by atoms with Gasteiger partial charge in [0.15, 0.2) is 0 Å². The highest BCUT2D eigenvalue weighted by atomic mass is 35.5. The van der Waals surface area contributed by atoms with Crippen molar-refractivity contribution in [2.45, 2.75) is 25.0 Å². The van der Waals surface area contributed by atoms with E-state index < -0.39 is 29.0 Å². The number of carbonyl (C=O) groups is 3. The van der Waals surface area contributed by atoms with Crippen LogP contribution in [0.25, 0.3) is 0 Å². The van der Waals surface area contributed by atoms with Crippen molar-refractivity contribution < 1.29 is 23.9 Å². The van der Waals surface area contributed by atoms with E-state index in [-0.39, 0.29) is 22.4 Å². The number of esters is 1. The van der Waals surface area contributed by atoms with Crippen LogP contribution in [-0.4, -0.2) is 36.1 Å². The van der Waals surface area contributed by atoms with Crippen LogP contribution in [0.15, 0.2) is 30.4 Å². The summed E-state index contributed by atoms with van der Waals surface area (Å²) in [5.74, 6) is -2.44. The van der Waals surface area contributed by atoms with Crippen molar-refractivity contribution in [1.82, 2.24) is 0 Å². The number of nitrogens with zero attached hydrogens (tertiary/aromatic N) is 1. The summed E-state index contributed by atoms with van der Waals surface area (Å²) in [5.41, 5.74) is -1.17. The third kappa shape index (κ3) is 1.98. The number of benzene rings is 1. The summed E-state index contributed by atoms with van der Waals surface area (Å²) in [6, 6.07) is 4.43. The molecule has 0 aliphatic carbocycles. The number of imide groups is 1. The lowest BCUT2D eigenvalue weighted by molar-refractivity contribution is -0.128. The number of rotatable bonds is 2. The van der Waals surface area contributed by atoms with Crippen molar-refractivity contribution in [3.63, 3.8) is 0 Å². The molecule has 4 rings (SSSR count). The van der Waals surface area contributed by atoms with Crippen LogP contribution in [0.5, 0.6) is 0 Å². The van der Waals surface area contributed by atoms with Gasteiger partial charge in [-0.05, 0) is 32.0 Å². The van der Waals surface area contributed by atoms with Gasteiger partial charge in [0.05, 0.1) is 46.4 Å². The summed E-state index contributed by atoms with van der Waals surface area (Å²) in [7, 11) is 1.24. The smallest absolute Gasteiger partial charge is 0.339 e. The average molecular weight is 362 g/mol. The average Bonchev–Trinajstić information content (AvgIpc) is 3.12. The number of amides is 2. The van der Waals surface area contributed by atoms with Crippen LogP contribution in [-0.2, 0) is 19.1 Å². The number of ether oxygens (including phenoxy) is 2. The Hall–Kier alpha value is -2.18. The fourth-order valence-electron chi connectivity index (χ4n) is 4.20. The molecule has 0 saturated carbocycles. The van der Waals surface area contributed by atoms with E-state index in [1.165, 1.54) is 19.2 Å². The summed E-state index contributed by atoms with van der Waals surface area (Å²) < 4.78 is 10.7. The molecular weight excluding hydrogens is 346 g/mol. The fourth-order valence-corrected chi connectivity index (χ4v) is 4.40. The fraction of sp³-hybridized carbons (Fsp3) is 0.389. The zero-order valence-electron chi connectivity index (χ0n) is 13.9. The van der Waals surface area contributed by atoms with Gasteiger partial charge in [-0.25, -0.2) is 9.69 Å². The van der Waals surface area contributed by atoms with Crippen molar-refractivity contribution in [2.75, 3.05) is 12.0 Å². The van der Waals surface area contributed by atoms with E-state index >= 15 is 0 Å². The third-order valence-corrected chi connectivity index (χ3v) is 5.67. The zero-order chi connectivity index (χ0) is 18.1. The van der Waals surface area contributed by atoms with Gasteiger partial charge in [0.1, 0.15) is 0 Å². The maximum Gasteiger partial charge on any atom is 0.339 e. The molecule has 3 heterocycles. The van der Waals surface area contributed by atoms with Gasteiger partial charge in [-0.15, -0.1) is 0 Å². The van der Waals surface area contributed by atoms with Crippen LogP contribution >= 0.6 is 11.6 Å². The number of methoxy groups -OCH3 is 1. The quantitative estimate of drug-likeness (QED) is 0.459. The summed E-state index contributed by atoms with van der Waals surface area (Å²) in [6.45, 7) is 3.63. The van der Waals surface area contributed by atoms with Crippen LogP contribution in [0.1, 0.15) is 24.2 Å². The van der Waals surface area contributed by atoms with Crippen molar-refractivity contribution in [1.29, 1.82) is 0 Å². The maximum atomic E-state index is 13.0. The Labute approximate surface area is 149 Å². The number of anilines is 1. The molecule has 0 aromatic heterocycles. The highest BCUT2D eigenvalue weighted by Gasteiger charge is 2.70. The molecule has 1 aromatic rings. The second kappa shape index (κ2) is 4.93. The van der Waals surface area contributed by atoms with Crippen molar-refractivity contribution >= 4 is 35.1 Å². The van der Waals surface area contributed by atoms with Crippen molar-refractivity contribution in [3.8, 4) is 0 Å². The number of hydrogen-bond donors (Lipinski definition) is 0. The van der Waals surface area contributed by atoms with Gasteiger partial charge in [0.2, 0.25) is 11.8 Å². The minimum Gasteiger partial charge on any atom is -0.465 e. The molecule has 0 radical (unpaired) electrons. The summed E-state index contributed by atoms with van der Waals surface area (Å²) in [4.78, 5) is 39.0. The maximum absolute atomic E-state index is 13.0. The SMILES string of the molecule is COC(=O)c1cc(N2C(=O)[C@@H]3[C@H](C2=O)[C@]2(C)C=C[C@]3(C)O2)ccc1Cl. The second-order valence-electron chi connectivity index (χ2n) is 6.93. The van der Waals surface area contributed by atoms with Crippen LogP contribution in [0.4, 0.5) is 5.69 Å². The molecule has 2 bridgehead atoms. The van der Waals surface area contributed by atoms with Gasteiger partial charge < -0.3 is 9.47 Å². The van der Waals surface area contributed by atoms with Crippen LogP contribution < -0.4 is 4.90 Å². The first-order valence-electron chi connectivity index (χ1n) is 7.88. The first-order valence-corrected chi connectivity index (χ1v) is 8.26. The van der Waals surface area contributed by atoms with Crippen LogP contribution in [0, 0.1) is 11.8 Å². The van der Waals surface area contributed by atoms with Crippen molar-refractivity contribution in [2.24, 2.45) is 11.8 Å². The predicted octanol–water partition coefficient (Wildman–Crippen LogP) is 2.35. The number of hydrogen-bond acceptors (Lipinski definition) is 5. The van der Waals surface area contributed by atoms with Gasteiger partial charge in [0, 0.05) is 0 Å².